The lowest BCUT2D eigenvalue weighted by Gasteiger charge is -2.08. The Kier molecular flexibility index (Phi) is 2.71. The predicted molar refractivity (Wildman–Crippen MR) is 58.0 cm³/mol. The lowest BCUT2D eigenvalue weighted by atomic mass is 10.1. The third kappa shape index (κ3) is 1.95. The molecule has 1 aromatic carbocycles. The van der Waals surface area contributed by atoms with Crippen molar-refractivity contribution in [3.05, 3.63) is 52.1 Å². The molecule has 0 saturated heterocycles. The first-order valence-electron chi connectivity index (χ1n) is 4.37. The first-order chi connectivity index (χ1) is 6.40. The highest BCUT2D eigenvalue weighted by Gasteiger charge is 2.14. The maximum absolute atomic E-state index is 5.59. The monoisotopic (exact) mass is 190 g/mol. The lowest BCUT2D eigenvalue weighted by molar-refractivity contribution is 1.06. The molecule has 1 heterocycles. The number of benzene rings is 1. The van der Waals surface area contributed by atoms with Gasteiger partial charge in [-0.05, 0) is 23.0 Å². The third-order valence-corrected chi connectivity index (χ3v) is 3.11. The molecular formula is C11H12NS. The van der Waals surface area contributed by atoms with Crippen LogP contribution in [-0.2, 0) is 6.54 Å². The SMILES string of the molecule is NCc1cccc([C]2CC=CS2)c1. The van der Waals surface area contributed by atoms with Crippen molar-refractivity contribution in [2.24, 2.45) is 5.73 Å². The van der Waals surface area contributed by atoms with Crippen LogP contribution in [0.3, 0.4) is 0 Å². The fourth-order valence-electron chi connectivity index (χ4n) is 1.39. The van der Waals surface area contributed by atoms with Gasteiger partial charge in [-0.15, -0.1) is 11.8 Å². The second kappa shape index (κ2) is 3.99. The number of allylic oxidation sites excluding steroid dienone is 1. The zero-order valence-electron chi connectivity index (χ0n) is 7.36. The Morgan fingerprint density at radius 2 is 2.31 bits per heavy atom. The van der Waals surface area contributed by atoms with Crippen molar-refractivity contribution in [2.75, 3.05) is 0 Å². The summed E-state index contributed by atoms with van der Waals surface area (Å²) in [5.41, 5.74) is 8.11. The first kappa shape index (κ1) is 8.85. The molecule has 0 atom stereocenters. The van der Waals surface area contributed by atoms with Gasteiger partial charge in [0.1, 0.15) is 0 Å². The van der Waals surface area contributed by atoms with Crippen LogP contribution in [0.25, 0.3) is 0 Å². The highest BCUT2D eigenvalue weighted by molar-refractivity contribution is 8.05. The molecule has 1 radical (unpaired) electrons. The predicted octanol–water partition coefficient (Wildman–Crippen LogP) is 2.68. The average Bonchev–Trinajstić information content (AvgIpc) is 2.71. The summed E-state index contributed by atoms with van der Waals surface area (Å²) in [7, 11) is 0. The highest BCUT2D eigenvalue weighted by atomic mass is 32.2. The number of rotatable bonds is 2. The first-order valence-corrected chi connectivity index (χ1v) is 5.25. The largest absolute Gasteiger partial charge is 0.326 e. The van der Waals surface area contributed by atoms with Gasteiger partial charge in [0.05, 0.1) is 5.25 Å². The molecule has 0 fully saturated rings. The van der Waals surface area contributed by atoms with Crippen molar-refractivity contribution >= 4 is 11.8 Å². The van der Waals surface area contributed by atoms with Crippen LogP contribution in [0, 0.1) is 5.25 Å². The van der Waals surface area contributed by atoms with Crippen molar-refractivity contribution in [1.29, 1.82) is 0 Å². The Bertz CT molecular complexity index is 312. The van der Waals surface area contributed by atoms with Crippen LogP contribution in [0.1, 0.15) is 17.5 Å². The molecule has 67 valence electrons. The molecule has 0 aliphatic carbocycles. The van der Waals surface area contributed by atoms with Crippen LogP contribution >= 0.6 is 11.8 Å². The summed E-state index contributed by atoms with van der Waals surface area (Å²) in [4.78, 5) is 0. The van der Waals surface area contributed by atoms with Gasteiger partial charge in [0, 0.05) is 6.54 Å². The van der Waals surface area contributed by atoms with E-state index in [-0.39, 0.29) is 0 Å². The number of thioether (sulfide) groups is 1. The van der Waals surface area contributed by atoms with Crippen molar-refractivity contribution in [2.45, 2.75) is 13.0 Å². The fraction of sp³-hybridized carbons (Fsp3) is 0.182. The van der Waals surface area contributed by atoms with Crippen LogP contribution in [0.5, 0.6) is 0 Å². The van der Waals surface area contributed by atoms with Gasteiger partial charge >= 0.3 is 0 Å². The lowest BCUT2D eigenvalue weighted by Crippen LogP contribution is -1.98. The van der Waals surface area contributed by atoms with E-state index in [2.05, 4.69) is 35.7 Å². The Morgan fingerprint density at radius 1 is 1.38 bits per heavy atom. The molecule has 0 saturated carbocycles. The number of nitrogens with two attached hydrogens (primary N) is 1. The maximum Gasteiger partial charge on any atom is 0.0677 e. The van der Waals surface area contributed by atoms with Crippen LogP contribution in [0.15, 0.2) is 35.7 Å². The van der Waals surface area contributed by atoms with E-state index in [1.807, 2.05) is 11.8 Å². The van der Waals surface area contributed by atoms with Gasteiger partial charge in [-0.2, -0.15) is 0 Å². The van der Waals surface area contributed by atoms with Gasteiger partial charge in [-0.1, -0.05) is 30.3 Å². The van der Waals surface area contributed by atoms with Gasteiger partial charge in [0.2, 0.25) is 0 Å². The molecule has 0 aromatic heterocycles. The van der Waals surface area contributed by atoms with E-state index in [0.29, 0.717) is 6.54 Å². The Labute approximate surface area is 83.0 Å². The van der Waals surface area contributed by atoms with Gasteiger partial charge in [-0.25, -0.2) is 0 Å². The summed E-state index contributed by atoms with van der Waals surface area (Å²) in [6, 6.07) is 8.46. The summed E-state index contributed by atoms with van der Waals surface area (Å²) in [6.07, 6.45) is 3.26. The smallest absolute Gasteiger partial charge is 0.0677 e. The molecule has 2 heteroatoms. The van der Waals surface area contributed by atoms with Gasteiger partial charge in [-0.3, -0.25) is 0 Å². The van der Waals surface area contributed by atoms with E-state index in [1.54, 1.807) is 0 Å². The van der Waals surface area contributed by atoms with Crippen LogP contribution in [0.4, 0.5) is 0 Å². The molecule has 0 unspecified atom stereocenters. The number of hydrogen-bond acceptors (Lipinski definition) is 2. The molecular weight excluding hydrogens is 178 g/mol. The minimum absolute atomic E-state index is 0.624. The Hall–Kier alpha value is -0.730. The molecule has 1 aromatic rings. The van der Waals surface area contributed by atoms with E-state index < -0.39 is 0 Å². The normalized spacial score (nSPS) is 16.7. The van der Waals surface area contributed by atoms with Gasteiger partial charge in [0.15, 0.2) is 0 Å². The van der Waals surface area contributed by atoms with E-state index in [9.17, 15) is 0 Å². The minimum atomic E-state index is 0.624. The van der Waals surface area contributed by atoms with Crippen LogP contribution in [0.2, 0.25) is 0 Å². The summed E-state index contributed by atoms with van der Waals surface area (Å²) in [6.45, 7) is 0.624. The average molecular weight is 190 g/mol. The molecule has 2 N–H and O–H groups in total. The van der Waals surface area contributed by atoms with Crippen molar-refractivity contribution in [3.8, 4) is 0 Å². The van der Waals surface area contributed by atoms with E-state index in [0.717, 1.165) is 6.42 Å². The van der Waals surface area contributed by atoms with E-state index in [1.165, 1.54) is 16.4 Å². The minimum Gasteiger partial charge on any atom is -0.326 e. The Morgan fingerprint density at radius 3 is 3.00 bits per heavy atom. The zero-order chi connectivity index (χ0) is 9.10. The highest BCUT2D eigenvalue weighted by Crippen LogP contribution is 2.37. The third-order valence-electron chi connectivity index (χ3n) is 2.09. The second-order valence-electron chi connectivity index (χ2n) is 3.02. The molecule has 1 aliphatic heterocycles. The molecule has 1 nitrogen and oxygen atoms in total. The zero-order valence-corrected chi connectivity index (χ0v) is 8.18. The summed E-state index contributed by atoms with van der Waals surface area (Å²) < 4.78 is 0. The number of hydrogen-bond donors (Lipinski definition) is 1. The topological polar surface area (TPSA) is 26.0 Å². The van der Waals surface area contributed by atoms with Gasteiger partial charge < -0.3 is 5.73 Å². The maximum atomic E-state index is 5.59. The Balaban J connectivity index is 2.19. The molecule has 1 aliphatic rings. The van der Waals surface area contributed by atoms with Gasteiger partial charge in [0.25, 0.3) is 0 Å². The standard InChI is InChI=1S/C11H12NS/c12-8-9-3-1-4-10(7-9)11-5-2-6-13-11/h1-4,6-7H,5,8,12H2. The molecule has 0 bridgehead atoms. The van der Waals surface area contributed by atoms with Crippen LogP contribution in [-0.4, -0.2) is 0 Å². The second-order valence-corrected chi connectivity index (χ2v) is 4.02. The summed E-state index contributed by atoms with van der Waals surface area (Å²) in [5.74, 6) is 0. The van der Waals surface area contributed by atoms with Crippen molar-refractivity contribution in [3.63, 3.8) is 0 Å². The summed E-state index contributed by atoms with van der Waals surface area (Å²) in [5, 5.41) is 3.57. The van der Waals surface area contributed by atoms with E-state index in [4.69, 9.17) is 5.73 Å². The molecule has 2 rings (SSSR count). The molecule has 13 heavy (non-hydrogen) atoms. The van der Waals surface area contributed by atoms with E-state index >= 15 is 0 Å². The quantitative estimate of drug-likeness (QED) is 0.776. The molecule has 0 spiro atoms. The van der Waals surface area contributed by atoms with Crippen LogP contribution < -0.4 is 5.73 Å². The van der Waals surface area contributed by atoms with Crippen molar-refractivity contribution in [1.82, 2.24) is 0 Å². The fourth-order valence-corrected chi connectivity index (χ4v) is 2.20. The summed E-state index contributed by atoms with van der Waals surface area (Å²) >= 11 is 1.81. The molecule has 0 amide bonds. The van der Waals surface area contributed by atoms with Crippen molar-refractivity contribution < 1.29 is 0 Å².